The van der Waals surface area contributed by atoms with Crippen LogP contribution >= 0.6 is 0 Å². The molecule has 0 aliphatic carbocycles. The van der Waals surface area contributed by atoms with Crippen molar-refractivity contribution in [3.8, 4) is 0 Å². The second kappa shape index (κ2) is 6.68. The quantitative estimate of drug-likeness (QED) is 0.772. The summed E-state index contributed by atoms with van der Waals surface area (Å²) < 4.78 is 29.0. The highest BCUT2D eigenvalue weighted by Gasteiger charge is 2.18. The number of sulfone groups is 1. The molecule has 1 aromatic carbocycles. The summed E-state index contributed by atoms with van der Waals surface area (Å²) in [4.78, 5) is 11.1. The molecule has 0 amide bonds. The maximum Gasteiger partial charge on any atom is 0.336 e. The second-order valence-electron chi connectivity index (χ2n) is 3.99. The van der Waals surface area contributed by atoms with Crippen molar-refractivity contribution in [2.45, 2.75) is 25.2 Å². The van der Waals surface area contributed by atoms with Crippen molar-refractivity contribution in [1.29, 1.82) is 0 Å². The Morgan fingerprint density at radius 2 is 2.00 bits per heavy atom. The van der Waals surface area contributed by atoms with Crippen LogP contribution in [-0.2, 0) is 21.0 Å². The molecule has 0 atom stereocenters. The molecule has 0 bridgehead atoms. The van der Waals surface area contributed by atoms with Gasteiger partial charge in [-0.1, -0.05) is 13.0 Å². The van der Waals surface area contributed by atoms with Gasteiger partial charge < -0.3 is 9.84 Å². The Bertz CT molecular complexity index is 548. The molecule has 1 N–H and O–H groups in total. The number of carbonyl (C=O) groups is 1. The molecule has 0 radical (unpaired) electrons. The number of aromatic carboxylic acids is 1. The van der Waals surface area contributed by atoms with E-state index < -0.39 is 15.8 Å². The van der Waals surface area contributed by atoms with Gasteiger partial charge in [-0.2, -0.15) is 0 Å². The molecule has 0 aliphatic rings. The molecular weight excluding hydrogens is 268 g/mol. The number of rotatable bonds is 7. The van der Waals surface area contributed by atoms with Crippen LogP contribution in [-0.4, -0.2) is 38.5 Å². The Morgan fingerprint density at radius 3 is 2.53 bits per heavy atom. The Hall–Kier alpha value is -1.40. The van der Waals surface area contributed by atoms with E-state index in [4.69, 9.17) is 9.84 Å². The first kappa shape index (κ1) is 15.7. The highest BCUT2D eigenvalue weighted by molar-refractivity contribution is 7.91. The van der Waals surface area contributed by atoms with Crippen molar-refractivity contribution in [2.75, 3.05) is 19.0 Å². The van der Waals surface area contributed by atoms with E-state index in [-0.39, 0.29) is 22.8 Å². The molecule has 106 valence electrons. The van der Waals surface area contributed by atoms with Gasteiger partial charge in [0, 0.05) is 6.61 Å². The molecule has 5 nitrogen and oxygen atoms in total. The lowest BCUT2D eigenvalue weighted by Gasteiger charge is -2.08. The van der Waals surface area contributed by atoms with E-state index in [1.54, 1.807) is 13.0 Å². The van der Waals surface area contributed by atoms with Crippen molar-refractivity contribution in [1.82, 2.24) is 0 Å². The van der Waals surface area contributed by atoms with Gasteiger partial charge in [-0.15, -0.1) is 0 Å². The van der Waals surface area contributed by atoms with Gasteiger partial charge in [0.25, 0.3) is 0 Å². The predicted octanol–water partition coefficient (Wildman–Crippen LogP) is 1.76. The Balaban J connectivity index is 3.07. The van der Waals surface area contributed by atoms with Gasteiger partial charge in [0.1, 0.15) is 0 Å². The Kier molecular flexibility index (Phi) is 5.50. The summed E-state index contributed by atoms with van der Waals surface area (Å²) >= 11 is 0. The molecule has 0 aromatic heterocycles. The van der Waals surface area contributed by atoms with Gasteiger partial charge >= 0.3 is 5.97 Å². The zero-order valence-corrected chi connectivity index (χ0v) is 11.9. The molecule has 0 saturated carbocycles. The zero-order chi connectivity index (χ0) is 14.5. The smallest absolute Gasteiger partial charge is 0.336 e. The number of aryl methyl sites for hydroxylation is 1. The van der Waals surface area contributed by atoms with E-state index in [0.717, 1.165) is 0 Å². The number of ether oxygens (including phenoxy) is 1. The number of hydrogen-bond donors (Lipinski definition) is 1. The summed E-state index contributed by atoms with van der Waals surface area (Å²) in [6, 6.07) is 4.23. The standard InChI is InChI=1S/C13H18O5S/c1-3-10-5-6-11(9-12(10)13(14)15)19(16,17)8-7-18-4-2/h5-6,9H,3-4,7-8H2,1-2H3,(H,14,15). The average molecular weight is 286 g/mol. The zero-order valence-electron chi connectivity index (χ0n) is 11.0. The molecule has 0 unspecified atom stereocenters. The molecule has 0 aliphatic heterocycles. The van der Waals surface area contributed by atoms with Crippen LogP contribution in [0.2, 0.25) is 0 Å². The summed E-state index contributed by atoms with van der Waals surface area (Å²) in [6.07, 6.45) is 0.543. The monoisotopic (exact) mass is 286 g/mol. The summed E-state index contributed by atoms with van der Waals surface area (Å²) in [7, 11) is -3.50. The first-order valence-corrected chi connectivity index (χ1v) is 7.74. The summed E-state index contributed by atoms with van der Waals surface area (Å²) in [5.41, 5.74) is 0.663. The van der Waals surface area contributed by atoms with E-state index >= 15 is 0 Å². The van der Waals surface area contributed by atoms with Crippen LogP contribution in [0.5, 0.6) is 0 Å². The number of hydrogen-bond acceptors (Lipinski definition) is 4. The molecule has 1 aromatic rings. The third kappa shape index (κ3) is 4.04. The first-order valence-electron chi connectivity index (χ1n) is 6.09. The minimum absolute atomic E-state index is 0.0294. The van der Waals surface area contributed by atoms with Gasteiger partial charge in [0.15, 0.2) is 9.84 Å². The Morgan fingerprint density at radius 1 is 1.32 bits per heavy atom. The highest BCUT2D eigenvalue weighted by Crippen LogP contribution is 2.18. The van der Waals surface area contributed by atoms with Crippen LogP contribution < -0.4 is 0 Å². The van der Waals surface area contributed by atoms with E-state index in [1.807, 2.05) is 6.92 Å². The van der Waals surface area contributed by atoms with Crippen LogP contribution in [0.15, 0.2) is 23.1 Å². The van der Waals surface area contributed by atoms with Gasteiger partial charge in [-0.25, -0.2) is 13.2 Å². The molecule has 0 spiro atoms. The van der Waals surface area contributed by atoms with E-state index in [2.05, 4.69) is 0 Å². The second-order valence-corrected chi connectivity index (χ2v) is 6.10. The van der Waals surface area contributed by atoms with Gasteiger partial charge in [0.05, 0.1) is 22.8 Å². The van der Waals surface area contributed by atoms with Crippen molar-refractivity contribution < 1.29 is 23.1 Å². The lowest BCUT2D eigenvalue weighted by atomic mass is 10.1. The topological polar surface area (TPSA) is 80.7 Å². The van der Waals surface area contributed by atoms with Crippen LogP contribution in [0.25, 0.3) is 0 Å². The minimum atomic E-state index is -3.50. The molecule has 19 heavy (non-hydrogen) atoms. The summed E-state index contributed by atoms with van der Waals surface area (Å²) in [5, 5.41) is 9.08. The minimum Gasteiger partial charge on any atom is -0.478 e. The van der Waals surface area contributed by atoms with Crippen molar-refractivity contribution in [3.05, 3.63) is 29.3 Å². The maximum absolute atomic E-state index is 12.0. The van der Waals surface area contributed by atoms with Crippen LogP contribution in [0.4, 0.5) is 0 Å². The van der Waals surface area contributed by atoms with Crippen molar-refractivity contribution in [3.63, 3.8) is 0 Å². The molecular formula is C13H18O5S. The molecule has 1 rings (SSSR count). The Labute approximate surface area is 113 Å². The third-order valence-electron chi connectivity index (χ3n) is 2.75. The summed E-state index contributed by atoms with van der Waals surface area (Å²) in [5.74, 6) is -1.26. The van der Waals surface area contributed by atoms with Gasteiger partial charge in [-0.05, 0) is 31.0 Å². The van der Waals surface area contributed by atoms with E-state index in [0.29, 0.717) is 18.6 Å². The SMILES string of the molecule is CCOCCS(=O)(=O)c1ccc(CC)c(C(=O)O)c1. The fourth-order valence-corrected chi connectivity index (χ4v) is 2.83. The number of benzene rings is 1. The lowest BCUT2D eigenvalue weighted by Crippen LogP contribution is -2.14. The number of carboxylic acid groups (broad SMARTS) is 1. The fourth-order valence-electron chi connectivity index (χ4n) is 1.69. The van der Waals surface area contributed by atoms with Crippen molar-refractivity contribution >= 4 is 15.8 Å². The van der Waals surface area contributed by atoms with Gasteiger partial charge in [-0.3, -0.25) is 0 Å². The lowest BCUT2D eigenvalue weighted by molar-refractivity contribution is 0.0695. The van der Waals surface area contributed by atoms with E-state index in [9.17, 15) is 13.2 Å². The predicted molar refractivity (Wildman–Crippen MR) is 71.3 cm³/mol. The third-order valence-corrected chi connectivity index (χ3v) is 4.43. The average Bonchev–Trinajstić information content (AvgIpc) is 2.38. The summed E-state index contributed by atoms with van der Waals surface area (Å²) in [6.45, 7) is 4.16. The van der Waals surface area contributed by atoms with Crippen LogP contribution in [0.3, 0.4) is 0 Å². The normalized spacial score (nSPS) is 11.5. The van der Waals surface area contributed by atoms with E-state index in [1.165, 1.54) is 12.1 Å². The van der Waals surface area contributed by atoms with Crippen LogP contribution in [0.1, 0.15) is 29.8 Å². The maximum atomic E-state index is 12.0. The van der Waals surface area contributed by atoms with Crippen molar-refractivity contribution in [2.24, 2.45) is 0 Å². The molecule has 0 saturated heterocycles. The largest absolute Gasteiger partial charge is 0.478 e. The number of carboxylic acids is 1. The molecule has 6 heteroatoms. The molecule has 0 fully saturated rings. The fraction of sp³-hybridized carbons (Fsp3) is 0.462. The highest BCUT2D eigenvalue weighted by atomic mass is 32.2. The first-order chi connectivity index (χ1) is 8.92. The van der Waals surface area contributed by atoms with Gasteiger partial charge in [0.2, 0.25) is 0 Å². The molecule has 0 heterocycles. The van der Waals surface area contributed by atoms with Crippen LogP contribution in [0, 0.1) is 0 Å².